The van der Waals surface area contributed by atoms with Crippen LogP contribution < -0.4 is 21.7 Å². The van der Waals surface area contributed by atoms with Gasteiger partial charge in [-0.2, -0.15) is 13.2 Å². The Hall–Kier alpha value is -4.78. The molecule has 0 radical (unpaired) electrons. The van der Waals surface area contributed by atoms with Crippen LogP contribution in [0.15, 0.2) is 79.0 Å². The molecule has 0 bridgehead atoms. The van der Waals surface area contributed by atoms with E-state index < -0.39 is 42.5 Å². The first-order valence-electron chi connectivity index (χ1n) is 15.0. The summed E-state index contributed by atoms with van der Waals surface area (Å²) in [5.74, 6) is -4.40. The van der Waals surface area contributed by atoms with E-state index in [9.17, 15) is 32.3 Å². The number of benzene rings is 2. The molecule has 3 aromatic rings. The lowest BCUT2D eigenvalue weighted by atomic mass is 9.98. The minimum absolute atomic E-state index is 0.154. The summed E-state index contributed by atoms with van der Waals surface area (Å²) in [4.78, 5) is 54.1. The first-order valence-corrected chi connectivity index (χ1v) is 15.0. The molecule has 1 unspecified atom stereocenters. The van der Waals surface area contributed by atoms with Gasteiger partial charge in [-0.15, -0.1) is 0 Å². The molecule has 0 aliphatic carbocycles. The number of amides is 2. The monoisotopic (exact) mass is 641 g/mol. The number of nitrogens with one attached hydrogen (secondary N) is 3. The van der Waals surface area contributed by atoms with Crippen molar-refractivity contribution in [1.82, 2.24) is 15.6 Å². The van der Waals surface area contributed by atoms with Crippen molar-refractivity contribution in [3.63, 3.8) is 0 Å². The number of nitrogens with two attached hydrogens (primary N) is 1. The third-order valence-corrected chi connectivity index (χ3v) is 6.95. The number of carbonyl (C=O) groups excluding carboxylic acids is 4. The van der Waals surface area contributed by atoms with Crippen LogP contribution in [-0.2, 0) is 23.9 Å². The van der Waals surface area contributed by atoms with Gasteiger partial charge in [-0.1, -0.05) is 60.7 Å². The Balaban J connectivity index is 1.68. The average molecular weight is 642 g/mol. The Morgan fingerprint density at radius 1 is 0.826 bits per heavy atom. The number of esters is 2. The number of unbranched alkanes of at least 4 members (excludes halogenated alkanes) is 2. The van der Waals surface area contributed by atoms with Gasteiger partial charge in [0.2, 0.25) is 11.8 Å². The molecule has 10 nitrogen and oxygen atoms in total. The number of halogens is 3. The highest BCUT2D eigenvalue weighted by Crippen LogP contribution is 2.25. The highest BCUT2D eigenvalue weighted by Gasteiger charge is 2.42. The molecule has 246 valence electrons. The van der Waals surface area contributed by atoms with Crippen molar-refractivity contribution in [2.24, 2.45) is 5.73 Å². The van der Waals surface area contributed by atoms with Crippen molar-refractivity contribution >= 4 is 29.6 Å². The third kappa shape index (κ3) is 12.3. The maximum absolute atomic E-state index is 13.5. The van der Waals surface area contributed by atoms with Gasteiger partial charge >= 0.3 is 18.1 Å². The Bertz CT molecular complexity index is 1410. The zero-order valence-corrected chi connectivity index (χ0v) is 25.2. The molecule has 2 atom stereocenters. The first-order chi connectivity index (χ1) is 22.1. The number of nitrogens with zero attached hydrogens (tertiary/aromatic N) is 1. The minimum atomic E-state index is -5.36. The number of hydrogen-bond donors (Lipinski definition) is 4. The van der Waals surface area contributed by atoms with E-state index in [4.69, 9.17) is 5.73 Å². The van der Waals surface area contributed by atoms with Crippen LogP contribution >= 0.6 is 0 Å². The van der Waals surface area contributed by atoms with E-state index in [1.54, 1.807) is 36.5 Å². The SMILES string of the molecule is NCCCC[C@@H](NC(=O)CCCCNc1ccccn1)C(=O)NC(CC(=O)OC(=O)C(F)(F)F)c1ccc(-c2ccccc2)cc1. The van der Waals surface area contributed by atoms with Crippen LogP contribution in [-0.4, -0.2) is 54.0 Å². The lowest BCUT2D eigenvalue weighted by Crippen LogP contribution is -2.48. The molecule has 0 fully saturated rings. The van der Waals surface area contributed by atoms with Crippen LogP contribution in [0.5, 0.6) is 0 Å². The molecular weight excluding hydrogens is 603 g/mol. The van der Waals surface area contributed by atoms with Crippen molar-refractivity contribution in [3.05, 3.63) is 84.6 Å². The van der Waals surface area contributed by atoms with E-state index in [2.05, 4.69) is 25.7 Å². The molecule has 2 aromatic carbocycles. The van der Waals surface area contributed by atoms with Crippen LogP contribution in [0.4, 0.5) is 19.0 Å². The molecule has 0 spiro atoms. The quantitative estimate of drug-likeness (QED) is 0.0930. The van der Waals surface area contributed by atoms with E-state index in [1.165, 1.54) is 0 Å². The second kappa shape index (κ2) is 18.3. The van der Waals surface area contributed by atoms with Crippen molar-refractivity contribution in [1.29, 1.82) is 0 Å². The predicted octanol–water partition coefficient (Wildman–Crippen LogP) is 4.82. The van der Waals surface area contributed by atoms with Crippen LogP contribution in [0, 0.1) is 0 Å². The van der Waals surface area contributed by atoms with Crippen LogP contribution in [0.25, 0.3) is 11.1 Å². The second-order valence-electron chi connectivity index (χ2n) is 10.5. The van der Waals surface area contributed by atoms with Crippen molar-refractivity contribution in [3.8, 4) is 11.1 Å². The average Bonchev–Trinajstić information content (AvgIpc) is 3.04. The normalized spacial score (nSPS) is 12.4. The van der Waals surface area contributed by atoms with Crippen LogP contribution in [0.1, 0.15) is 56.6 Å². The molecule has 0 saturated carbocycles. The van der Waals surface area contributed by atoms with Crippen molar-refractivity contribution < 1.29 is 37.1 Å². The second-order valence-corrected chi connectivity index (χ2v) is 10.5. The fourth-order valence-corrected chi connectivity index (χ4v) is 4.56. The topological polar surface area (TPSA) is 153 Å². The van der Waals surface area contributed by atoms with Gasteiger partial charge in [-0.3, -0.25) is 14.4 Å². The summed E-state index contributed by atoms with van der Waals surface area (Å²) in [7, 11) is 0. The minimum Gasteiger partial charge on any atom is -0.386 e. The summed E-state index contributed by atoms with van der Waals surface area (Å²) in [5, 5.41) is 8.56. The van der Waals surface area contributed by atoms with Crippen LogP contribution in [0.3, 0.4) is 0 Å². The van der Waals surface area contributed by atoms with Crippen LogP contribution in [0.2, 0.25) is 0 Å². The molecule has 1 aromatic heterocycles. The molecule has 5 N–H and O–H groups in total. The summed E-state index contributed by atoms with van der Waals surface area (Å²) in [6.45, 7) is 0.976. The molecule has 46 heavy (non-hydrogen) atoms. The number of alkyl halides is 3. The number of rotatable bonds is 17. The lowest BCUT2D eigenvalue weighted by molar-refractivity contribution is -0.202. The Labute approximate surface area is 265 Å². The molecule has 0 aliphatic rings. The largest absolute Gasteiger partial charge is 0.491 e. The van der Waals surface area contributed by atoms with Gasteiger partial charge in [0.1, 0.15) is 11.9 Å². The Kier molecular flexibility index (Phi) is 14.2. The number of hydrogen-bond acceptors (Lipinski definition) is 8. The highest BCUT2D eigenvalue weighted by molar-refractivity contribution is 5.90. The van der Waals surface area contributed by atoms with E-state index in [1.807, 2.05) is 42.5 Å². The summed E-state index contributed by atoms with van der Waals surface area (Å²) in [6.07, 6.45) is -1.74. The number of aromatic nitrogens is 1. The summed E-state index contributed by atoms with van der Waals surface area (Å²) in [5.41, 5.74) is 7.72. The number of pyridine rings is 1. The van der Waals surface area contributed by atoms with Gasteiger partial charge in [0.05, 0.1) is 12.5 Å². The molecule has 0 saturated heterocycles. The zero-order chi connectivity index (χ0) is 33.4. The number of anilines is 1. The van der Waals surface area contributed by atoms with E-state index >= 15 is 0 Å². The van der Waals surface area contributed by atoms with Gasteiger partial charge < -0.3 is 26.4 Å². The molecule has 1 heterocycles. The number of carbonyl (C=O) groups is 4. The smallest absolute Gasteiger partial charge is 0.386 e. The standard InChI is InChI=1S/C33H38F3N5O5/c34-33(35,36)32(45)46-30(43)22-27(25-17-15-24(16-18-25)23-10-2-1-3-11-23)41-31(44)26(12-4-7-19-37)40-29(42)14-6-9-21-39-28-13-5-8-20-38-28/h1-3,5,8,10-11,13,15-18,20,26-27H,4,6-7,9,12,14,19,21-22,37H2,(H,38,39)(H,40,42)(H,41,44)/t26-,27?/m1/s1. The first kappa shape index (κ1) is 35.7. The maximum atomic E-state index is 13.5. The van der Waals surface area contributed by atoms with Crippen molar-refractivity contribution in [2.45, 2.75) is 63.2 Å². The van der Waals surface area contributed by atoms with Crippen molar-refractivity contribution in [2.75, 3.05) is 18.4 Å². The summed E-state index contributed by atoms with van der Waals surface area (Å²) < 4.78 is 42.1. The maximum Gasteiger partial charge on any atom is 0.491 e. The van der Waals surface area contributed by atoms with Gasteiger partial charge in [-0.25, -0.2) is 9.78 Å². The van der Waals surface area contributed by atoms with Gasteiger partial charge in [0, 0.05) is 19.2 Å². The third-order valence-electron chi connectivity index (χ3n) is 6.95. The molecule has 0 aliphatic heterocycles. The Morgan fingerprint density at radius 3 is 2.17 bits per heavy atom. The lowest BCUT2D eigenvalue weighted by Gasteiger charge is -2.24. The zero-order valence-electron chi connectivity index (χ0n) is 25.2. The van der Waals surface area contributed by atoms with E-state index in [-0.39, 0.29) is 18.7 Å². The molecule has 13 heteroatoms. The van der Waals surface area contributed by atoms with Gasteiger partial charge in [0.15, 0.2) is 0 Å². The van der Waals surface area contributed by atoms with Gasteiger partial charge in [0.25, 0.3) is 0 Å². The van der Waals surface area contributed by atoms with E-state index in [0.717, 1.165) is 16.9 Å². The summed E-state index contributed by atoms with van der Waals surface area (Å²) >= 11 is 0. The Morgan fingerprint density at radius 2 is 1.52 bits per heavy atom. The predicted molar refractivity (Wildman–Crippen MR) is 166 cm³/mol. The van der Waals surface area contributed by atoms with E-state index in [0.29, 0.717) is 44.3 Å². The number of ether oxygens (including phenoxy) is 1. The molecule has 3 rings (SSSR count). The molecule has 2 amide bonds. The van der Waals surface area contributed by atoms with Gasteiger partial charge in [-0.05, 0) is 67.5 Å². The highest BCUT2D eigenvalue weighted by atomic mass is 19.4. The molecular formula is C33H38F3N5O5. The fraction of sp³-hybridized carbons (Fsp3) is 0.364. The summed E-state index contributed by atoms with van der Waals surface area (Å²) in [6, 6.07) is 19.4. The fourth-order valence-electron chi connectivity index (χ4n) is 4.56.